The second-order valence-electron chi connectivity index (χ2n) is 7.43. The van der Waals surface area contributed by atoms with E-state index < -0.39 is 11.2 Å². The number of benzene rings is 1. The number of amides is 2. The predicted octanol–water partition coefficient (Wildman–Crippen LogP) is 2.94. The van der Waals surface area contributed by atoms with Crippen molar-refractivity contribution in [1.29, 1.82) is 0 Å². The van der Waals surface area contributed by atoms with Crippen LogP contribution in [0.2, 0.25) is 0 Å². The Morgan fingerprint density at radius 3 is 2.52 bits per heavy atom. The van der Waals surface area contributed by atoms with E-state index >= 15 is 0 Å². The maximum Gasteiger partial charge on any atom is 0.332 e. The molecule has 170 valence electrons. The third kappa shape index (κ3) is 5.12. The summed E-state index contributed by atoms with van der Waals surface area (Å²) in [7, 11) is 0. The van der Waals surface area contributed by atoms with E-state index in [0.29, 0.717) is 22.4 Å². The van der Waals surface area contributed by atoms with Gasteiger partial charge in [0.15, 0.2) is 0 Å². The highest BCUT2D eigenvalue weighted by atomic mass is 32.1. The van der Waals surface area contributed by atoms with Crippen molar-refractivity contribution >= 4 is 50.4 Å². The SMILES string of the molecule is Cc1ccccc1NC(=O)Cn1c(=O)n(CCC(=O)NCc2cccs2)c(=O)c2sccc21. The zero-order chi connectivity index (χ0) is 23.4. The first-order valence-corrected chi connectivity index (χ1v) is 12.1. The number of fused-ring (bicyclic) bond motifs is 1. The van der Waals surface area contributed by atoms with Crippen molar-refractivity contribution in [1.82, 2.24) is 14.5 Å². The maximum absolute atomic E-state index is 13.1. The highest BCUT2D eigenvalue weighted by Crippen LogP contribution is 2.16. The van der Waals surface area contributed by atoms with Gasteiger partial charge in [0.25, 0.3) is 5.56 Å². The molecule has 4 aromatic rings. The topological polar surface area (TPSA) is 102 Å². The molecule has 0 fully saturated rings. The van der Waals surface area contributed by atoms with Gasteiger partial charge in [0, 0.05) is 23.5 Å². The fraction of sp³-hybridized carbons (Fsp3) is 0.217. The molecule has 2 amide bonds. The number of aromatic nitrogens is 2. The molecule has 0 atom stereocenters. The molecule has 0 bridgehead atoms. The van der Waals surface area contributed by atoms with Crippen molar-refractivity contribution < 1.29 is 9.59 Å². The highest BCUT2D eigenvalue weighted by Gasteiger charge is 2.17. The van der Waals surface area contributed by atoms with E-state index in [1.165, 1.54) is 27.2 Å². The summed E-state index contributed by atoms with van der Waals surface area (Å²) in [5.41, 5.74) is 0.905. The minimum atomic E-state index is -0.614. The standard InChI is InChI=1S/C23H22N4O4S2/c1-15-5-2-3-7-17(15)25-20(29)14-27-18-9-12-33-21(18)22(30)26(23(27)31)10-8-19(28)24-13-16-6-4-11-32-16/h2-7,9,11-12H,8,10,13-14H2,1H3,(H,24,28)(H,25,29). The van der Waals surface area contributed by atoms with Crippen LogP contribution in [0.1, 0.15) is 16.9 Å². The third-order valence-corrected chi connectivity index (χ3v) is 6.93. The second kappa shape index (κ2) is 9.97. The Labute approximate surface area is 197 Å². The molecule has 0 aliphatic carbocycles. The van der Waals surface area contributed by atoms with E-state index in [2.05, 4.69) is 10.6 Å². The molecule has 0 radical (unpaired) electrons. The lowest BCUT2D eigenvalue weighted by molar-refractivity contribution is -0.121. The summed E-state index contributed by atoms with van der Waals surface area (Å²) in [5.74, 6) is -0.636. The number of thiophene rings is 2. The molecule has 0 aliphatic rings. The van der Waals surface area contributed by atoms with Crippen LogP contribution in [0.25, 0.3) is 10.2 Å². The van der Waals surface area contributed by atoms with Crippen molar-refractivity contribution in [3.8, 4) is 0 Å². The summed E-state index contributed by atoms with van der Waals surface area (Å²) in [6.07, 6.45) is -0.0210. The van der Waals surface area contributed by atoms with Crippen LogP contribution in [0.3, 0.4) is 0 Å². The highest BCUT2D eigenvalue weighted by molar-refractivity contribution is 7.17. The Bertz CT molecular complexity index is 1420. The molecule has 0 unspecified atom stereocenters. The molecule has 3 aromatic heterocycles. The Kier molecular flexibility index (Phi) is 6.85. The average Bonchev–Trinajstić information content (AvgIpc) is 3.49. The van der Waals surface area contributed by atoms with Gasteiger partial charge in [-0.2, -0.15) is 0 Å². The number of hydrogen-bond acceptors (Lipinski definition) is 6. The molecule has 8 nitrogen and oxygen atoms in total. The van der Waals surface area contributed by atoms with Crippen molar-refractivity contribution in [2.45, 2.75) is 33.0 Å². The monoisotopic (exact) mass is 482 g/mol. The van der Waals surface area contributed by atoms with Crippen LogP contribution in [0.5, 0.6) is 0 Å². The van der Waals surface area contributed by atoms with Crippen LogP contribution in [0, 0.1) is 6.92 Å². The Hall–Kier alpha value is -3.50. The van der Waals surface area contributed by atoms with Gasteiger partial charge in [-0.3, -0.25) is 23.5 Å². The van der Waals surface area contributed by atoms with Crippen molar-refractivity contribution in [2.24, 2.45) is 0 Å². The number of aryl methyl sites for hydroxylation is 1. The molecule has 0 saturated heterocycles. The summed E-state index contributed by atoms with van der Waals surface area (Å²) in [5, 5.41) is 9.24. The minimum absolute atomic E-state index is 0.0210. The van der Waals surface area contributed by atoms with Crippen LogP contribution >= 0.6 is 22.7 Å². The third-order valence-electron chi connectivity index (χ3n) is 5.16. The first kappa shape index (κ1) is 22.7. The van der Waals surface area contributed by atoms with Crippen molar-refractivity contribution in [2.75, 3.05) is 5.32 Å². The number of carbonyl (C=O) groups is 2. The van der Waals surface area contributed by atoms with Gasteiger partial charge in [-0.25, -0.2) is 4.79 Å². The van der Waals surface area contributed by atoms with E-state index in [0.717, 1.165) is 15.0 Å². The molecule has 0 saturated carbocycles. The normalized spacial score (nSPS) is 10.9. The summed E-state index contributed by atoms with van der Waals surface area (Å²) in [4.78, 5) is 52.0. The zero-order valence-electron chi connectivity index (χ0n) is 17.9. The van der Waals surface area contributed by atoms with Gasteiger partial charge in [0.05, 0.1) is 12.1 Å². The lowest BCUT2D eigenvalue weighted by Crippen LogP contribution is -2.42. The quantitative estimate of drug-likeness (QED) is 0.403. The molecule has 10 heteroatoms. The van der Waals surface area contributed by atoms with Gasteiger partial charge in [-0.05, 0) is 41.4 Å². The summed E-state index contributed by atoms with van der Waals surface area (Å²) in [6.45, 7) is 1.97. The second-order valence-corrected chi connectivity index (χ2v) is 9.38. The Morgan fingerprint density at radius 1 is 0.939 bits per heavy atom. The molecule has 1 aromatic carbocycles. The largest absolute Gasteiger partial charge is 0.351 e. The Balaban J connectivity index is 1.53. The fourth-order valence-electron chi connectivity index (χ4n) is 3.43. The fourth-order valence-corrected chi connectivity index (χ4v) is 4.92. The number of nitrogens with zero attached hydrogens (tertiary/aromatic N) is 2. The van der Waals surface area contributed by atoms with Crippen LogP contribution in [-0.2, 0) is 29.2 Å². The van der Waals surface area contributed by atoms with Crippen LogP contribution in [-0.4, -0.2) is 20.9 Å². The summed E-state index contributed by atoms with van der Waals surface area (Å²) >= 11 is 2.74. The van der Waals surface area contributed by atoms with E-state index in [1.54, 1.807) is 17.5 Å². The first-order valence-electron chi connectivity index (χ1n) is 10.3. The molecule has 4 rings (SSSR count). The molecular weight excluding hydrogens is 460 g/mol. The number of rotatable bonds is 8. The zero-order valence-corrected chi connectivity index (χ0v) is 19.5. The molecule has 33 heavy (non-hydrogen) atoms. The van der Waals surface area contributed by atoms with Crippen molar-refractivity contribution in [3.05, 3.63) is 84.5 Å². The van der Waals surface area contributed by atoms with Crippen LogP contribution < -0.4 is 21.9 Å². The summed E-state index contributed by atoms with van der Waals surface area (Å²) < 4.78 is 2.69. The lowest BCUT2D eigenvalue weighted by atomic mass is 10.2. The Morgan fingerprint density at radius 2 is 1.76 bits per heavy atom. The van der Waals surface area contributed by atoms with E-state index in [-0.39, 0.29) is 31.3 Å². The van der Waals surface area contributed by atoms with Gasteiger partial charge < -0.3 is 10.6 Å². The van der Waals surface area contributed by atoms with E-state index in [4.69, 9.17) is 0 Å². The lowest BCUT2D eigenvalue weighted by Gasteiger charge is -2.13. The van der Waals surface area contributed by atoms with E-state index in [1.807, 2.05) is 42.6 Å². The van der Waals surface area contributed by atoms with Crippen LogP contribution in [0.15, 0.2) is 62.8 Å². The van der Waals surface area contributed by atoms with Gasteiger partial charge in [-0.1, -0.05) is 24.3 Å². The molecule has 0 spiro atoms. The molecular formula is C23H22N4O4S2. The van der Waals surface area contributed by atoms with Gasteiger partial charge in [0.1, 0.15) is 11.2 Å². The summed E-state index contributed by atoms with van der Waals surface area (Å²) in [6, 6.07) is 12.8. The average molecular weight is 483 g/mol. The van der Waals surface area contributed by atoms with Crippen molar-refractivity contribution in [3.63, 3.8) is 0 Å². The number of para-hydroxylation sites is 1. The van der Waals surface area contributed by atoms with Gasteiger partial charge in [-0.15, -0.1) is 22.7 Å². The number of hydrogen-bond donors (Lipinski definition) is 2. The van der Waals surface area contributed by atoms with Gasteiger partial charge in [0.2, 0.25) is 11.8 Å². The molecule has 2 N–H and O–H groups in total. The maximum atomic E-state index is 13.1. The van der Waals surface area contributed by atoms with E-state index in [9.17, 15) is 19.2 Å². The minimum Gasteiger partial charge on any atom is -0.351 e. The van der Waals surface area contributed by atoms with Gasteiger partial charge >= 0.3 is 5.69 Å². The molecule has 3 heterocycles. The number of anilines is 1. The molecule has 0 aliphatic heterocycles. The predicted molar refractivity (Wildman–Crippen MR) is 131 cm³/mol. The first-order chi connectivity index (χ1) is 15.9. The van der Waals surface area contributed by atoms with Crippen LogP contribution in [0.4, 0.5) is 5.69 Å². The number of nitrogens with one attached hydrogen (secondary N) is 2. The number of carbonyl (C=O) groups excluding carboxylic acids is 2. The smallest absolute Gasteiger partial charge is 0.332 e.